The summed E-state index contributed by atoms with van der Waals surface area (Å²) in [6, 6.07) is 9.46. The maximum absolute atomic E-state index is 14.7. The summed E-state index contributed by atoms with van der Waals surface area (Å²) >= 11 is 0. The Bertz CT molecular complexity index is 826. The van der Waals surface area contributed by atoms with E-state index in [0.29, 0.717) is 38.2 Å². The SMILES string of the molecule is CCNC(=NCc1ccc(N2CCC(O)CC2)c(F)c1)N(C)Cc1cccn1C. The van der Waals surface area contributed by atoms with Gasteiger partial charge in [0.2, 0.25) is 0 Å². The highest BCUT2D eigenvalue weighted by molar-refractivity contribution is 5.79. The molecule has 29 heavy (non-hydrogen) atoms. The van der Waals surface area contributed by atoms with Crippen LogP contribution in [-0.2, 0) is 20.1 Å². The van der Waals surface area contributed by atoms with Gasteiger partial charge in [-0.1, -0.05) is 6.07 Å². The Morgan fingerprint density at radius 3 is 2.69 bits per heavy atom. The summed E-state index contributed by atoms with van der Waals surface area (Å²) in [4.78, 5) is 8.77. The predicted molar refractivity (Wildman–Crippen MR) is 116 cm³/mol. The summed E-state index contributed by atoms with van der Waals surface area (Å²) in [5.41, 5.74) is 2.64. The highest BCUT2D eigenvalue weighted by Gasteiger charge is 2.19. The number of guanidine groups is 1. The molecule has 0 amide bonds. The third kappa shape index (κ3) is 5.50. The fourth-order valence-corrected chi connectivity index (χ4v) is 3.63. The van der Waals surface area contributed by atoms with E-state index in [1.165, 1.54) is 5.69 Å². The van der Waals surface area contributed by atoms with Crippen LogP contribution in [0.4, 0.5) is 10.1 Å². The lowest BCUT2D eigenvalue weighted by Crippen LogP contribution is -2.38. The second kappa shape index (κ2) is 9.78. The van der Waals surface area contributed by atoms with Crippen molar-refractivity contribution in [1.29, 1.82) is 0 Å². The fourth-order valence-electron chi connectivity index (χ4n) is 3.63. The van der Waals surface area contributed by atoms with E-state index in [1.807, 2.05) is 50.3 Å². The summed E-state index contributed by atoms with van der Waals surface area (Å²) in [6.07, 6.45) is 3.14. The molecular formula is C22H32FN5O. The topological polar surface area (TPSA) is 56.0 Å². The summed E-state index contributed by atoms with van der Waals surface area (Å²) in [5.74, 6) is 0.569. The van der Waals surface area contributed by atoms with Crippen molar-refractivity contribution in [3.05, 3.63) is 53.6 Å². The number of aliphatic imine (C=N–C) groups is 1. The Hall–Kier alpha value is -2.54. The van der Waals surface area contributed by atoms with Gasteiger partial charge in [-0.25, -0.2) is 9.38 Å². The van der Waals surface area contributed by atoms with Crippen LogP contribution in [0, 0.1) is 5.82 Å². The number of aliphatic hydroxyl groups is 1. The van der Waals surface area contributed by atoms with Crippen LogP contribution in [0.15, 0.2) is 41.5 Å². The number of hydrogen-bond donors (Lipinski definition) is 2. The summed E-state index contributed by atoms with van der Waals surface area (Å²) in [5, 5.41) is 13.0. The first-order valence-corrected chi connectivity index (χ1v) is 10.3. The molecule has 7 heteroatoms. The van der Waals surface area contributed by atoms with Gasteiger partial charge < -0.3 is 24.8 Å². The van der Waals surface area contributed by atoms with Gasteiger partial charge in [-0.15, -0.1) is 0 Å². The minimum Gasteiger partial charge on any atom is -0.393 e. The fraction of sp³-hybridized carbons (Fsp3) is 0.500. The second-order valence-electron chi connectivity index (χ2n) is 7.64. The molecule has 2 N–H and O–H groups in total. The summed E-state index contributed by atoms with van der Waals surface area (Å²) in [6.45, 7) is 5.33. The summed E-state index contributed by atoms with van der Waals surface area (Å²) < 4.78 is 16.8. The van der Waals surface area contributed by atoms with E-state index in [4.69, 9.17) is 4.99 Å². The average molecular weight is 402 g/mol. The Kier molecular flexibility index (Phi) is 7.14. The molecule has 0 radical (unpaired) electrons. The van der Waals surface area contributed by atoms with E-state index in [-0.39, 0.29) is 11.9 Å². The van der Waals surface area contributed by atoms with Gasteiger partial charge >= 0.3 is 0 Å². The number of anilines is 1. The summed E-state index contributed by atoms with van der Waals surface area (Å²) in [7, 11) is 4.03. The molecule has 3 rings (SSSR count). The number of aliphatic hydroxyl groups excluding tert-OH is 1. The zero-order chi connectivity index (χ0) is 20.8. The first kappa shape index (κ1) is 21.2. The smallest absolute Gasteiger partial charge is 0.194 e. The van der Waals surface area contributed by atoms with E-state index in [0.717, 1.165) is 24.6 Å². The Morgan fingerprint density at radius 1 is 1.31 bits per heavy atom. The molecule has 1 saturated heterocycles. The Morgan fingerprint density at radius 2 is 2.07 bits per heavy atom. The lowest BCUT2D eigenvalue weighted by atomic mass is 10.1. The van der Waals surface area contributed by atoms with Crippen LogP contribution >= 0.6 is 0 Å². The average Bonchev–Trinajstić information content (AvgIpc) is 3.10. The number of aromatic nitrogens is 1. The van der Waals surface area contributed by atoms with Gasteiger partial charge in [-0.05, 0) is 49.6 Å². The molecule has 1 aromatic heterocycles. The van der Waals surface area contributed by atoms with Gasteiger partial charge in [-0.3, -0.25) is 0 Å². The number of nitrogens with zero attached hydrogens (tertiary/aromatic N) is 4. The third-order valence-corrected chi connectivity index (χ3v) is 5.38. The van der Waals surface area contributed by atoms with E-state index in [9.17, 15) is 9.50 Å². The van der Waals surface area contributed by atoms with Crippen LogP contribution in [0.1, 0.15) is 31.0 Å². The van der Waals surface area contributed by atoms with Crippen molar-refractivity contribution in [2.24, 2.45) is 12.0 Å². The molecule has 0 atom stereocenters. The largest absolute Gasteiger partial charge is 0.393 e. The second-order valence-corrected chi connectivity index (χ2v) is 7.64. The normalized spacial score (nSPS) is 15.6. The predicted octanol–water partition coefficient (Wildman–Crippen LogP) is 2.72. The minimum atomic E-state index is -0.264. The minimum absolute atomic E-state index is 0.226. The zero-order valence-electron chi connectivity index (χ0n) is 17.6. The maximum atomic E-state index is 14.7. The quantitative estimate of drug-likeness (QED) is 0.577. The Balaban J connectivity index is 1.67. The van der Waals surface area contributed by atoms with Crippen LogP contribution in [0.5, 0.6) is 0 Å². The molecule has 1 aromatic carbocycles. The molecule has 1 fully saturated rings. The highest BCUT2D eigenvalue weighted by atomic mass is 19.1. The molecule has 158 valence electrons. The molecule has 0 saturated carbocycles. The molecule has 2 heterocycles. The number of piperidine rings is 1. The number of hydrogen-bond acceptors (Lipinski definition) is 3. The van der Waals surface area contributed by atoms with Crippen LogP contribution < -0.4 is 10.2 Å². The number of nitrogens with one attached hydrogen (secondary N) is 1. The van der Waals surface area contributed by atoms with Crippen LogP contribution in [0.2, 0.25) is 0 Å². The molecule has 1 aliphatic rings. The van der Waals surface area contributed by atoms with Gasteiger partial charge in [-0.2, -0.15) is 0 Å². The van der Waals surface area contributed by atoms with Gasteiger partial charge in [0, 0.05) is 45.6 Å². The molecular weight excluding hydrogens is 369 g/mol. The lowest BCUT2D eigenvalue weighted by Gasteiger charge is -2.31. The first-order valence-electron chi connectivity index (χ1n) is 10.3. The van der Waals surface area contributed by atoms with Crippen LogP contribution in [-0.4, -0.2) is 53.3 Å². The van der Waals surface area contributed by atoms with E-state index in [2.05, 4.69) is 20.9 Å². The number of rotatable bonds is 6. The Labute approximate surface area is 172 Å². The van der Waals surface area contributed by atoms with Crippen LogP contribution in [0.25, 0.3) is 0 Å². The molecule has 2 aromatic rings. The van der Waals surface area contributed by atoms with Crippen molar-refractivity contribution in [2.75, 3.05) is 31.6 Å². The molecule has 0 aliphatic carbocycles. The van der Waals surface area contributed by atoms with Gasteiger partial charge in [0.05, 0.1) is 24.9 Å². The van der Waals surface area contributed by atoms with Gasteiger partial charge in [0.1, 0.15) is 5.82 Å². The van der Waals surface area contributed by atoms with Crippen LogP contribution in [0.3, 0.4) is 0 Å². The lowest BCUT2D eigenvalue weighted by molar-refractivity contribution is 0.145. The molecule has 0 spiro atoms. The van der Waals surface area contributed by atoms with E-state index >= 15 is 0 Å². The molecule has 0 bridgehead atoms. The third-order valence-electron chi connectivity index (χ3n) is 5.38. The van der Waals surface area contributed by atoms with Crippen molar-refractivity contribution in [2.45, 2.75) is 39.0 Å². The molecule has 6 nitrogen and oxygen atoms in total. The van der Waals surface area contributed by atoms with Crippen molar-refractivity contribution in [3.8, 4) is 0 Å². The van der Waals surface area contributed by atoms with E-state index < -0.39 is 0 Å². The number of aryl methyl sites for hydroxylation is 1. The van der Waals surface area contributed by atoms with E-state index in [1.54, 1.807) is 6.07 Å². The number of halogens is 1. The van der Waals surface area contributed by atoms with Crippen molar-refractivity contribution in [3.63, 3.8) is 0 Å². The monoisotopic (exact) mass is 401 g/mol. The maximum Gasteiger partial charge on any atom is 0.194 e. The standard InChI is InChI=1S/C22H32FN5O/c1-4-24-22(27(3)16-18-6-5-11-26(18)2)25-15-17-7-8-21(20(23)14-17)28-12-9-19(29)10-13-28/h5-8,11,14,19,29H,4,9-10,12-13,15-16H2,1-3H3,(H,24,25). The van der Waals surface area contributed by atoms with Crippen molar-refractivity contribution in [1.82, 2.24) is 14.8 Å². The first-order chi connectivity index (χ1) is 14.0. The van der Waals surface area contributed by atoms with Gasteiger partial charge in [0.25, 0.3) is 0 Å². The number of benzene rings is 1. The zero-order valence-corrected chi connectivity index (χ0v) is 17.6. The highest BCUT2D eigenvalue weighted by Crippen LogP contribution is 2.24. The van der Waals surface area contributed by atoms with Crippen molar-refractivity contribution < 1.29 is 9.50 Å². The van der Waals surface area contributed by atoms with Gasteiger partial charge in [0.15, 0.2) is 5.96 Å². The van der Waals surface area contributed by atoms with Crippen molar-refractivity contribution >= 4 is 11.6 Å². The molecule has 0 unspecified atom stereocenters. The molecule has 1 aliphatic heterocycles.